The summed E-state index contributed by atoms with van der Waals surface area (Å²) in [5, 5.41) is 3.98. The molecule has 0 amide bonds. The van der Waals surface area contributed by atoms with Gasteiger partial charge in [-0.1, -0.05) is 16.8 Å². The first-order valence-corrected chi connectivity index (χ1v) is 10.9. The average molecular weight is 426 g/mol. The van der Waals surface area contributed by atoms with Gasteiger partial charge in [-0.25, -0.2) is 8.42 Å². The van der Waals surface area contributed by atoms with Crippen molar-refractivity contribution in [2.24, 2.45) is 0 Å². The van der Waals surface area contributed by atoms with Crippen molar-refractivity contribution >= 4 is 33.0 Å². The average Bonchev–Trinajstić information content (AvgIpc) is 3.32. The van der Waals surface area contributed by atoms with E-state index in [4.69, 9.17) is 16.1 Å². The molecule has 0 N–H and O–H groups in total. The van der Waals surface area contributed by atoms with E-state index in [1.165, 1.54) is 4.31 Å². The van der Waals surface area contributed by atoms with Gasteiger partial charge in [0.15, 0.2) is 0 Å². The van der Waals surface area contributed by atoms with Crippen molar-refractivity contribution < 1.29 is 12.9 Å². The molecule has 0 unspecified atom stereocenters. The maximum Gasteiger partial charge on any atom is 0.252 e. The number of nitrogens with zero attached hydrogens (tertiary/aromatic N) is 5. The lowest BCUT2D eigenvalue weighted by Gasteiger charge is -2.32. The molecule has 0 bridgehead atoms. The molecule has 0 aliphatic carbocycles. The standard InChI is InChI=1S/C16H16ClN5O3S2/c17-13-3-4-15(26-13)27(23,24)22-8-6-21(7-9-22)11-14-19-16(20-25-14)12-2-1-5-18-10-12/h1-5,10H,6-9,11H2. The molecular formula is C16H16ClN5O3S2. The lowest BCUT2D eigenvalue weighted by atomic mass is 10.3. The predicted octanol–water partition coefficient (Wildman–Crippen LogP) is 2.35. The van der Waals surface area contributed by atoms with Crippen LogP contribution in [0, 0.1) is 0 Å². The SMILES string of the molecule is O=S(=O)(c1ccc(Cl)s1)N1CCN(Cc2nc(-c3cccnc3)no2)CC1. The molecule has 1 aliphatic heterocycles. The first-order valence-electron chi connectivity index (χ1n) is 8.23. The Hall–Kier alpha value is -1.85. The Balaban J connectivity index is 1.37. The van der Waals surface area contributed by atoms with Gasteiger partial charge in [0.1, 0.15) is 4.21 Å². The number of hydrogen-bond acceptors (Lipinski definition) is 8. The van der Waals surface area contributed by atoms with Gasteiger partial charge in [-0.15, -0.1) is 11.3 Å². The van der Waals surface area contributed by atoms with Crippen LogP contribution in [0.4, 0.5) is 0 Å². The molecule has 0 aromatic carbocycles. The van der Waals surface area contributed by atoms with Crippen molar-refractivity contribution in [1.82, 2.24) is 24.3 Å². The Kier molecular flexibility index (Phi) is 5.24. The minimum Gasteiger partial charge on any atom is -0.338 e. The van der Waals surface area contributed by atoms with Crippen molar-refractivity contribution in [3.8, 4) is 11.4 Å². The quantitative estimate of drug-likeness (QED) is 0.619. The van der Waals surface area contributed by atoms with Crippen LogP contribution in [0.1, 0.15) is 5.89 Å². The molecule has 0 atom stereocenters. The molecule has 142 valence electrons. The minimum atomic E-state index is -3.49. The zero-order valence-corrected chi connectivity index (χ0v) is 16.5. The second kappa shape index (κ2) is 7.64. The van der Waals surface area contributed by atoms with E-state index >= 15 is 0 Å². The molecule has 3 aromatic heterocycles. The summed E-state index contributed by atoms with van der Waals surface area (Å²) in [5.41, 5.74) is 0.790. The molecule has 1 fully saturated rings. The van der Waals surface area contributed by atoms with Gasteiger partial charge in [-0.05, 0) is 24.3 Å². The maximum atomic E-state index is 12.6. The van der Waals surface area contributed by atoms with Crippen molar-refractivity contribution in [1.29, 1.82) is 0 Å². The van der Waals surface area contributed by atoms with E-state index in [2.05, 4.69) is 20.0 Å². The molecule has 11 heteroatoms. The zero-order chi connectivity index (χ0) is 18.9. The van der Waals surface area contributed by atoms with Gasteiger partial charge < -0.3 is 4.52 Å². The van der Waals surface area contributed by atoms with Crippen molar-refractivity contribution in [2.75, 3.05) is 26.2 Å². The molecule has 0 radical (unpaired) electrons. The fourth-order valence-electron chi connectivity index (χ4n) is 2.81. The molecule has 27 heavy (non-hydrogen) atoms. The summed E-state index contributed by atoms with van der Waals surface area (Å²) < 4.78 is 32.8. The summed E-state index contributed by atoms with van der Waals surface area (Å²) in [6, 6.07) is 6.83. The van der Waals surface area contributed by atoms with Crippen LogP contribution in [0.3, 0.4) is 0 Å². The highest BCUT2D eigenvalue weighted by Crippen LogP contribution is 2.28. The van der Waals surface area contributed by atoms with E-state index in [1.807, 2.05) is 12.1 Å². The van der Waals surface area contributed by atoms with E-state index < -0.39 is 10.0 Å². The number of aromatic nitrogens is 3. The van der Waals surface area contributed by atoms with Gasteiger partial charge >= 0.3 is 0 Å². The molecule has 3 aromatic rings. The number of sulfonamides is 1. The number of rotatable bonds is 5. The molecule has 0 spiro atoms. The first kappa shape index (κ1) is 18.5. The van der Waals surface area contributed by atoms with Crippen LogP contribution in [0.15, 0.2) is 45.4 Å². The van der Waals surface area contributed by atoms with Crippen LogP contribution in [-0.4, -0.2) is 58.9 Å². The summed E-state index contributed by atoms with van der Waals surface area (Å²) in [4.78, 5) is 10.5. The van der Waals surface area contributed by atoms with Crippen LogP contribution in [0.25, 0.3) is 11.4 Å². The summed E-state index contributed by atoms with van der Waals surface area (Å²) >= 11 is 6.94. The van der Waals surface area contributed by atoms with E-state index in [1.54, 1.807) is 24.5 Å². The predicted molar refractivity (Wildman–Crippen MR) is 101 cm³/mol. The third-order valence-corrected chi connectivity index (χ3v) is 7.82. The smallest absolute Gasteiger partial charge is 0.252 e. The highest BCUT2D eigenvalue weighted by atomic mass is 35.5. The highest BCUT2D eigenvalue weighted by molar-refractivity contribution is 7.91. The second-order valence-corrected chi connectivity index (χ2v) is 9.87. The molecule has 8 nitrogen and oxygen atoms in total. The summed E-state index contributed by atoms with van der Waals surface area (Å²) in [6.07, 6.45) is 3.36. The Labute approximate surface area is 165 Å². The summed E-state index contributed by atoms with van der Waals surface area (Å²) in [6.45, 7) is 2.46. The molecule has 1 aliphatic rings. The van der Waals surface area contributed by atoms with Gasteiger partial charge in [0.25, 0.3) is 10.0 Å². The Morgan fingerprint density at radius 3 is 2.67 bits per heavy atom. The van der Waals surface area contributed by atoms with Crippen LogP contribution < -0.4 is 0 Å². The van der Waals surface area contributed by atoms with Crippen LogP contribution in [0.5, 0.6) is 0 Å². The normalized spacial score (nSPS) is 16.6. The monoisotopic (exact) mass is 425 g/mol. The van der Waals surface area contributed by atoms with Crippen molar-refractivity contribution in [3.63, 3.8) is 0 Å². The van der Waals surface area contributed by atoms with Crippen LogP contribution in [-0.2, 0) is 16.6 Å². The lowest BCUT2D eigenvalue weighted by Crippen LogP contribution is -2.48. The molecular weight excluding hydrogens is 410 g/mol. The minimum absolute atomic E-state index is 0.277. The van der Waals surface area contributed by atoms with Crippen LogP contribution >= 0.6 is 22.9 Å². The fraction of sp³-hybridized carbons (Fsp3) is 0.312. The van der Waals surface area contributed by atoms with Gasteiger partial charge in [0, 0.05) is 44.1 Å². The zero-order valence-electron chi connectivity index (χ0n) is 14.2. The molecule has 1 saturated heterocycles. The van der Waals surface area contributed by atoms with Crippen molar-refractivity contribution in [3.05, 3.63) is 46.9 Å². The summed E-state index contributed by atoms with van der Waals surface area (Å²) in [7, 11) is -3.49. The Morgan fingerprint density at radius 1 is 1.19 bits per heavy atom. The number of thiophene rings is 1. The maximum absolute atomic E-state index is 12.6. The van der Waals surface area contributed by atoms with E-state index in [0.29, 0.717) is 48.8 Å². The fourth-order valence-corrected chi connectivity index (χ4v) is 5.87. The first-order chi connectivity index (χ1) is 13.0. The molecule has 4 rings (SSSR count). The lowest BCUT2D eigenvalue weighted by molar-refractivity contribution is 0.163. The highest BCUT2D eigenvalue weighted by Gasteiger charge is 2.30. The van der Waals surface area contributed by atoms with Gasteiger partial charge in [0.2, 0.25) is 11.7 Å². The topological polar surface area (TPSA) is 92.4 Å². The van der Waals surface area contributed by atoms with Gasteiger partial charge in [-0.3, -0.25) is 9.88 Å². The van der Waals surface area contributed by atoms with Gasteiger partial charge in [-0.2, -0.15) is 9.29 Å². The van der Waals surface area contributed by atoms with E-state index in [-0.39, 0.29) is 4.21 Å². The van der Waals surface area contributed by atoms with E-state index in [9.17, 15) is 8.42 Å². The number of pyridine rings is 1. The number of hydrogen-bond donors (Lipinski definition) is 0. The van der Waals surface area contributed by atoms with Gasteiger partial charge in [0.05, 0.1) is 10.9 Å². The van der Waals surface area contributed by atoms with E-state index in [0.717, 1.165) is 16.9 Å². The molecule has 4 heterocycles. The molecule has 0 saturated carbocycles. The largest absolute Gasteiger partial charge is 0.338 e. The van der Waals surface area contributed by atoms with Crippen LogP contribution in [0.2, 0.25) is 4.34 Å². The third kappa shape index (κ3) is 4.04. The Morgan fingerprint density at radius 2 is 2.00 bits per heavy atom. The number of piperazine rings is 1. The second-order valence-electron chi connectivity index (χ2n) is 5.99. The number of halogens is 1. The third-order valence-electron chi connectivity index (χ3n) is 4.22. The van der Waals surface area contributed by atoms with Crippen molar-refractivity contribution in [2.45, 2.75) is 10.8 Å². The Bertz CT molecular complexity index is 1010. The summed E-state index contributed by atoms with van der Waals surface area (Å²) in [5.74, 6) is 0.990.